The molecule has 0 aromatic heterocycles. The normalized spacial score (nSPS) is 11.2. The SMILES string of the molecule is N#C/C(=C/c1cc(Cl)c(OCc2ccc(Cl)cc2)c(Br)c1)c1ccccc1F. The van der Waals surface area contributed by atoms with Crippen molar-refractivity contribution in [1.29, 1.82) is 5.26 Å². The van der Waals surface area contributed by atoms with E-state index in [-0.39, 0.29) is 11.1 Å². The lowest BCUT2D eigenvalue weighted by molar-refractivity contribution is 0.304. The predicted molar refractivity (Wildman–Crippen MR) is 115 cm³/mol. The highest BCUT2D eigenvalue weighted by Crippen LogP contribution is 2.36. The molecular weight excluding hydrogens is 464 g/mol. The van der Waals surface area contributed by atoms with Crippen LogP contribution in [-0.2, 0) is 6.61 Å². The Morgan fingerprint density at radius 3 is 2.46 bits per heavy atom. The van der Waals surface area contributed by atoms with Crippen LogP contribution in [0.4, 0.5) is 4.39 Å². The summed E-state index contributed by atoms with van der Waals surface area (Å²) in [4.78, 5) is 0. The van der Waals surface area contributed by atoms with Crippen molar-refractivity contribution in [2.45, 2.75) is 6.61 Å². The van der Waals surface area contributed by atoms with Crippen molar-refractivity contribution in [2.24, 2.45) is 0 Å². The van der Waals surface area contributed by atoms with Crippen LogP contribution in [-0.4, -0.2) is 0 Å². The largest absolute Gasteiger partial charge is 0.486 e. The van der Waals surface area contributed by atoms with Gasteiger partial charge in [-0.15, -0.1) is 0 Å². The van der Waals surface area contributed by atoms with Crippen LogP contribution in [0.15, 0.2) is 65.1 Å². The van der Waals surface area contributed by atoms with Crippen molar-refractivity contribution < 1.29 is 9.13 Å². The molecule has 3 rings (SSSR count). The summed E-state index contributed by atoms with van der Waals surface area (Å²) in [6.45, 7) is 0.323. The molecule has 0 aliphatic heterocycles. The summed E-state index contributed by atoms with van der Waals surface area (Å²) in [5.41, 5.74) is 2.04. The zero-order valence-electron chi connectivity index (χ0n) is 14.4. The van der Waals surface area contributed by atoms with Crippen LogP contribution < -0.4 is 4.74 Å². The summed E-state index contributed by atoms with van der Waals surface area (Å²) >= 11 is 15.7. The Bertz CT molecular complexity index is 1050. The first kappa shape index (κ1) is 20.4. The van der Waals surface area contributed by atoms with E-state index in [0.717, 1.165) is 5.56 Å². The second-order valence-electron chi connectivity index (χ2n) is 5.88. The maximum atomic E-state index is 14.0. The summed E-state index contributed by atoms with van der Waals surface area (Å²) in [5.74, 6) is 0.0292. The first-order valence-corrected chi connectivity index (χ1v) is 9.76. The van der Waals surface area contributed by atoms with Gasteiger partial charge in [-0.25, -0.2) is 4.39 Å². The summed E-state index contributed by atoms with van der Waals surface area (Å²) in [6.07, 6.45) is 1.58. The van der Waals surface area contributed by atoms with E-state index in [0.29, 0.717) is 32.4 Å². The molecule has 140 valence electrons. The van der Waals surface area contributed by atoms with E-state index >= 15 is 0 Å². The second kappa shape index (κ2) is 9.25. The zero-order chi connectivity index (χ0) is 20.1. The number of hydrogen-bond acceptors (Lipinski definition) is 2. The Kier molecular flexibility index (Phi) is 6.74. The number of benzene rings is 3. The minimum absolute atomic E-state index is 0.205. The number of ether oxygens (including phenoxy) is 1. The summed E-state index contributed by atoms with van der Waals surface area (Å²) in [6, 6.07) is 18.9. The Hall–Kier alpha value is -2.32. The summed E-state index contributed by atoms with van der Waals surface area (Å²) in [5, 5.41) is 10.5. The molecule has 0 saturated carbocycles. The predicted octanol–water partition coefficient (Wildman–Crippen LogP) is 7.54. The monoisotopic (exact) mass is 475 g/mol. The fraction of sp³-hybridized carbons (Fsp3) is 0.0455. The molecule has 0 unspecified atom stereocenters. The molecule has 3 aromatic rings. The van der Waals surface area contributed by atoms with Gasteiger partial charge >= 0.3 is 0 Å². The molecule has 0 heterocycles. The minimum Gasteiger partial charge on any atom is -0.486 e. The summed E-state index contributed by atoms with van der Waals surface area (Å²) in [7, 11) is 0. The third-order valence-electron chi connectivity index (χ3n) is 3.91. The Morgan fingerprint density at radius 1 is 1.11 bits per heavy atom. The van der Waals surface area contributed by atoms with Gasteiger partial charge in [0.1, 0.15) is 12.4 Å². The number of rotatable bonds is 5. The van der Waals surface area contributed by atoms with E-state index in [2.05, 4.69) is 15.9 Å². The molecule has 6 heteroatoms. The van der Waals surface area contributed by atoms with Gasteiger partial charge in [0.05, 0.1) is 21.1 Å². The average Bonchev–Trinajstić information content (AvgIpc) is 2.67. The molecule has 2 nitrogen and oxygen atoms in total. The molecule has 0 fully saturated rings. The quantitative estimate of drug-likeness (QED) is 0.281. The highest BCUT2D eigenvalue weighted by molar-refractivity contribution is 9.10. The molecule has 0 aliphatic rings. The standard InChI is InChI=1S/C22H13BrCl2FNO/c23-19-10-15(9-16(12-27)18-3-1-2-4-21(18)26)11-20(25)22(19)28-13-14-5-7-17(24)8-6-14/h1-11H,13H2/b16-9-. The van der Waals surface area contributed by atoms with Crippen molar-refractivity contribution in [1.82, 2.24) is 0 Å². The van der Waals surface area contributed by atoms with Gasteiger partial charge in [0, 0.05) is 10.6 Å². The van der Waals surface area contributed by atoms with Crippen LogP contribution in [0.5, 0.6) is 5.75 Å². The third kappa shape index (κ3) is 4.94. The van der Waals surface area contributed by atoms with Crippen LogP contribution in [0.2, 0.25) is 10.0 Å². The van der Waals surface area contributed by atoms with Gasteiger partial charge in [0.15, 0.2) is 5.75 Å². The lowest BCUT2D eigenvalue weighted by Gasteiger charge is -2.11. The van der Waals surface area contributed by atoms with Crippen molar-refractivity contribution in [3.8, 4) is 11.8 Å². The van der Waals surface area contributed by atoms with Gasteiger partial charge in [0.25, 0.3) is 0 Å². The highest BCUT2D eigenvalue weighted by Gasteiger charge is 2.12. The molecule has 0 radical (unpaired) electrons. The molecule has 0 amide bonds. The molecule has 28 heavy (non-hydrogen) atoms. The Balaban J connectivity index is 1.86. The zero-order valence-corrected chi connectivity index (χ0v) is 17.5. The van der Waals surface area contributed by atoms with Gasteiger partial charge in [-0.05, 0) is 63.5 Å². The van der Waals surface area contributed by atoms with E-state index in [1.165, 1.54) is 6.07 Å². The second-order valence-corrected chi connectivity index (χ2v) is 7.58. The lowest BCUT2D eigenvalue weighted by Crippen LogP contribution is -1.97. The van der Waals surface area contributed by atoms with Gasteiger partial charge in [-0.1, -0.05) is 53.5 Å². The smallest absolute Gasteiger partial charge is 0.152 e. The fourth-order valence-electron chi connectivity index (χ4n) is 2.55. The summed E-state index contributed by atoms with van der Waals surface area (Å²) < 4.78 is 20.4. The van der Waals surface area contributed by atoms with Crippen molar-refractivity contribution in [3.63, 3.8) is 0 Å². The highest BCUT2D eigenvalue weighted by atomic mass is 79.9. The number of nitrogens with zero attached hydrogens (tertiary/aromatic N) is 1. The fourth-order valence-corrected chi connectivity index (χ4v) is 3.67. The lowest BCUT2D eigenvalue weighted by atomic mass is 10.0. The van der Waals surface area contributed by atoms with Crippen LogP contribution in [0.1, 0.15) is 16.7 Å². The number of hydrogen-bond donors (Lipinski definition) is 0. The number of allylic oxidation sites excluding steroid dienone is 1. The number of halogens is 4. The van der Waals surface area contributed by atoms with Gasteiger partial charge in [-0.3, -0.25) is 0 Å². The van der Waals surface area contributed by atoms with Crippen molar-refractivity contribution in [3.05, 3.63) is 97.7 Å². The molecule has 0 spiro atoms. The molecule has 0 atom stereocenters. The van der Waals surface area contributed by atoms with E-state index in [1.54, 1.807) is 48.5 Å². The molecule has 0 saturated heterocycles. The molecule has 0 aliphatic carbocycles. The van der Waals surface area contributed by atoms with Gasteiger partial charge in [-0.2, -0.15) is 5.26 Å². The van der Waals surface area contributed by atoms with E-state index in [4.69, 9.17) is 27.9 Å². The van der Waals surface area contributed by atoms with Gasteiger partial charge in [0.2, 0.25) is 0 Å². The van der Waals surface area contributed by atoms with Crippen LogP contribution >= 0.6 is 39.1 Å². The topological polar surface area (TPSA) is 33.0 Å². The van der Waals surface area contributed by atoms with Crippen LogP contribution in [0.3, 0.4) is 0 Å². The Labute approximate surface area is 180 Å². The van der Waals surface area contributed by atoms with Gasteiger partial charge < -0.3 is 4.74 Å². The van der Waals surface area contributed by atoms with E-state index in [1.807, 2.05) is 18.2 Å². The van der Waals surface area contributed by atoms with Crippen LogP contribution in [0, 0.1) is 17.1 Å². The number of nitriles is 1. The maximum Gasteiger partial charge on any atom is 0.152 e. The van der Waals surface area contributed by atoms with Crippen LogP contribution in [0.25, 0.3) is 11.6 Å². The first-order chi connectivity index (χ1) is 13.5. The molecule has 0 bridgehead atoms. The first-order valence-electron chi connectivity index (χ1n) is 8.21. The molecule has 0 N–H and O–H groups in total. The Morgan fingerprint density at radius 2 is 1.82 bits per heavy atom. The maximum absolute atomic E-state index is 14.0. The van der Waals surface area contributed by atoms with Crippen molar-refractivity contribution >= 4 is 50.8 Å². The average molecular weight is 477 g/mol. The van der Waals surface area contributed by atoms with Crippen molar-refractivity contribution in [2.75, 3.05) is 0 Å². The molecular formula is C22H13BrCl2FNO. The minimum atomic E-state index is -0.455. The molecule has 3 aromatic carbocycles. The van der Waals surface area contributed by atoms with E-state index < -0.39 is 5.82 Å². The van der Waals surface area contributed by atoms with E-state index in [9.17, 15) is 9.65 Å². The third-order valence-corrected chi connectivity index (χ3v) is 5.03.